The van der Waals surface area contributed by atoms with Crippen molar-refractivity contribution in [2.45, 2.75) is 26.8 Å². The number of nitrogens with zero attached hydrogens (tertiary/aromatic N) is 2. The predicted octanol–water partition coefficient (Wildman–Crippen LogP) is 2.98. The Labute approximate surface area is 89.7 Å². The van der Waals surface area contributed by atoms with Gasteiger partial charge in [0.05, 0.1) is 0 Å². The Morgan fingerprint density at radius 2 is 2.07 bits per heavy atom. The third-order valence-corrected chi connectivity index (χ3v) is 2.66. The van der Waals surface area contributed by atoms with Crippen LogP contribution in [0.25, 0.3) is 11.1 Å². The molecular formula is C12H16N2O. The molecule has 1 aromatic carbocycles. The van der Waals surface area contributed by atoms with Crippen molar-refractivity contribution in [2.75, 3.05) is 11.9 Å². The third-order valence-electron chi connectivity index (χ3n) is 2.66. The van der Waals surface area contributed by atoms with Crippen LogP contribution < -0.4 is 4.90 Å². The summed E-state index contributed by atoms with van der Waals surface area (Å²) in [4.78, 5) is 6.53. The van der Waals surface area contributed by atoms with Crippen LogP contribution in [0.2, 0.25) is 0 Å². The Balaban J connectivity index is 2.46. The molecule has 0 radical (unpaired) electrons. The van der Waals surface area contributed by atoms with E-state index >= 15 is 0 Å². The molecule has 3 nitrogen and oxygen atoms in total. The van der Waals surface area contributed by atoms with E-state index in [1.54, 1.807) is 0 Å². The van der Waals surface area contributed by atoms with Crippen LogP contribution in [0, 0.1) is 6.92 Å². The van der Waals surface area contributed by atoms with Gasteiger partial charge in [-0.3, -0.25) is 0 Å². The highest BCUT2D eigenvalue weighted by Gasteiger charge is 2.08. The molecule has 0 atom stereocenters. The molecule has 80 valence electrons. The summed E-state index contributed by atoms with van der Waals surface area (Å²) in [5, 5.41) is 0. The van der Waals surface area contributed by atoms with Crippen LogP contribution in [0.3, 0.4) is 0 Å². The minimum atomic E-state index is 0.482. The van der Waals surface area contributed by atoms with Gasteiger partial charge < -0.3 is 9.32 Å². The minimum Gasteiger partial charge on any atom is -0.441 e. The quantitative estimate of drug-likeness (QED) is 0.753. The number of rotatable bonds is 2. The first-order chi connectivity index (χ1) is 7.08. The summed E-state index contributed by atoms with van der Waals surface area (Å²) in [6.07, 6.45) is 0. The lowest BCUT2D eigenvalue weighted by Crippen LogP contribution is -2.25. The second kappa shape index (κ2) is 3.57. The average molecular weight is 204 g/mol. The second-order valence-corrected chi connectivity index (χ2v) is 4.09. The molecule has 0 aliphatic rings. The topological polar surface area (TPSA) is 29.3 Å². The molecular weight excluding hydrogens is 188 g/mol. The van der Waals surface area contributed by atoms with E-state index in [9.17, 15) is 0 Å². The summed E-state index contributed by atoms with van der Waals surface area (Å²) in [7, 11) is 2.08. The number of aryl methyl sites for hydroxylation is 1. The normalized spacial score (nSPS) is 11.3. The molecule has 2 aromatic rings. The molecule has 0 aliphatic heterocycles. The molecule has 0 saturated carbocycles. The Bertz CT molecular complexity index is 473. The lowest BCUT2D eigenvalue weighted by Gasteiger charge is -2.23. The monoisotopic (exact) mass is 204 g/mol. The van der Waals surface area contributed by atoms with E-state index in [1.165, 1.54) is 5.69 Å². The molecule has 0 aliphatic carbocycles. The van der Waals surface area contributed by atoms with Gasteiger partial charge in [0.15, 0.2) is 11.5 Å². The van der Waals surface area contributed by atoms with Gasteiger partial charge in [0.2, 0.25) is 0 Å². The van der Waals surface area contributed by atoms with E-state index in [0.29, 0.717) is 11.9 Å². The molecule has 0 unspecified atom stereocenters. The molecule has 0 bridgehead atoms. The van der Waals surface area contributed by atoms with Crippen LogP contribution in [0.5, 0.6) is 0 Å². The van der Waals surface area contributed by atoms with Crippen molar-refractivity contribution in [3.63, 3.8) is 0 Å². The zero-order valence-electron chi connectivity index (χ0n) is 9.61. The highest BCUT2D eigenvalue weighted by atomic mass is 16.3. The lowest BCUT2D eigenvalue weighted by atomic mass is 10.2. The Morgan fingerprint density at radius 3 is 2.73 bits per heavy atom. The Kier molecular flexibility index (Phi) is 2.39. The summed E-state index contributed by atoms with van der Waals surface area (Å²) in [6.45, 7) is 6.20. The fourth-order valence-electron chi connectivity index (χ4n) is 1.55. The van der Waals surface area contributed by atoms with Crippen LogP contribution in [0.15, 0.2) is 22.6 Å². The first kappa shape index (κ1) is 10.0. The van der Waals surface area contributed by atoms with Gasteiger partial charge in [0.1, 0.15) is 5.52 Å². The molecule has 0 N–H and O–H groups in total. The zero-order valence-corrected chi connectivity index (χ0v) is 9.61. The van der Waals surface area contributed by atoms with Gasteiger partial charge in [-0.1, -0.05) is 0 Å². The van der Waals surface area contributed by atoms with Crippen molar-refractivity contribution in [3.8, 4) is 0 Å². The fraction of sp³-hybridized carbons (Fsp3) is 0.417. The highest BCUT2D eigenvalue weighted by Crippen LogP contribution is 2.22. The molecule has 0 fully saturated rings. The predicted molar refractivity (Wildman–Crippen MR) is 62.3 cm³/mol. The molecule has 1 aromatic heterocycles. The third kappa shape index (κ3) is 1.82. The van der Waals surface area contributed by atoms with Crippen molar-refractivity contribution in [2.24, 2.45) is 0 Å². The van der Waals surface area contributed by atoms with Gasteiger partial charge in [-0.25, -0.2) is 4.98 Å². The maximum Gasteiger partial charge on any atom is 0.192 e. The second-order valence-electron chi connectivity index (χ2n) is 4.09. The molecule has 2 rings (SSSR count). The maximum absolute atomic E-state index is 5.43. The van der Waals surface area contributed by atoms with Crippen LogP contribution in [-0.4, -0.2) is 18.1 Å². The van der Waals surface area contributed by atoms with Gasteiger partial charge >= 0.3 is 0 Å². The first-order valence-corrected chi connectivity index (χ1v) is 5.18. The van der Waals surface area contributed by atoms with Gasteiger partial charge in [0.25, 0.3) is 0 Å². The van der Waals surface area contributed by atoms with Crippen LogP contribution in [0.1, 0.15) is 19.7 Å². The van der Waals surface area contributed by atoms with Gasteiger partial charge in [-0.05, 0) is 32.0 Å². The number of fused-ring (bicyclic) bond motifs is 1. The van der Waals surface area contributed by atoms with Gasteiger partial charge in [-0.2, -0.15) is 0 Å². The maximum atomic E-state index is 5.43. The summed E-state index contributed by atoms with van der Waals surface area (Å²) >= 11 is 0. The van der Waals surface area contributed by atoms with E-state index in [1.807, 2.05) is 13.0 Å². The molecule has 1 heterocycles. The van der Waals surface area contributed by atoms with Crippen molar-refractivity contribution in [1.29, 1.82) is 0 Å². The van der Waals surface area contributed by atoms with E-state index in [4.69, 9.17) is 4.42 Å². The van der Waals surface area contributed by atoms with E-state index < -0.39 is 0 Å². The van der Waals surface area contributed by atoms with Crippen molar-refractivity contribution in [3.05, 3.63) is 24.1 Å². The van der Waals surface area contributed by atoms with E-state index in [-0.39, 0.29) is 0 Å². The summed E-state index contributed by atoms with van der Waals surface area (Å²) < 4.78 is 5.43. The number of anilines is 1. The molecule has 3 heteroatoms. The van der Waals surface area contributed by atoms with Crippen molar-refractivity contribution >= 4 is 16.8 Å². The SMILES string of the molecule is Cc1nc2cc(N(C)C(C)C)ccc2o1. The number of hydrogen-bond acceptors (Lipinski definition) is 3. The van der Waals surface area contributed by atoms with Crippen LogP contribution in [-0.2, 0) is 0 Å². The van der Waals surface area contributed by atoms with E-state index in [0.717, 1.165) is 11.1 Å². The largest absolute Gasteiger partial charge is 0.441 e. The fourth-order valence-corrected chi connectivity index (χ4v) is 1.55. The minimum absolute atomic E-state index is 0.482. The van der Waals surface area contributed by atoms with Gasteiger partial charge in [-0.15, -0.1) is 0 Å². The zero-order chi connectivity index (χ0) is 11.0. The lowest BCUT2D eigenvalue weighted by molar-refractivity contribution is 0.561. The number of oxazole rings is 1. The smallest absolute Gasteiger partial charge is 0.192 e. The van der Waals surface area contributed by atoms with Crippen molar-refractivity contribution < 1.29 is 4.42 Å². The van der Waals surface area contributed by atoms with Crippen LogP contribution in [0.4, 0.5) is 5.69 Å². The molecule has 0 amide bonds. The number of hydrogen-bond donors (Lipinski definition) is 0. The molecule has 15 heavy (non-hydrogen) atoms. The summed E-state index contributed by atoms with van der Waals surface area (Å²) in [6, 6.07) is 6.58. The average Bonchev–Trinajstić information content (AvgIpc) is 2.55. The van der Waals surface area contributed by atoms with Gasteiger partial charge in [0, 0.05) is 25.7 Å². The summed E-state index contributed by atoms with van der Waals surface area (Å²) in [5.74, 6) is 0.717. The molecule has 0 spiro atoms. The summed E-state index contributed by atoms with van der Waals surface area (Å²) in [5.41, 5.74) is 2.96. The number of benzene rings is 1. The molecule has 0 saturated heterocycles. The first-order valence-electron chi connectivity index (χ1n) is 5.18. The highest BCUT2D eigenvalue weighted by molar-refractivity contribution is 5.77. The standard InChI is InChI=1S/C12H16N2O/c1-8(2)14(4)10-5-6-12-11(7-10)13-9(3)15-12/h5-8H,1-4H3. The van der Waals surface area contributed by atoms with Crippen LogP contribution >= 0.6 is 0 Å². The Morgan fingerprint density at radius 1 is 1.33 bits per heavy atom. The number of aromatic nitrogens is 1. The van der Waals surface area contributed by atoms with E-state index in [2.05, 4.69) is 42.9 Å². The Hall–Kier alpha value is -1.51. The van der Waals surface area contributed by atoms with Crippen molar-refractivity contribution in [1.82, 2.24) is 4.98 Å².